The summed E-state index contributed by atoms with van der Waals surface area (Å²) in [6.07, 6.45) is 0. The lowest BCUT2D eigenvalue weighted by Gasteiger charge is -1.99. The lowest BCUT2D eigenvalue weighted by Crippen LogP contribution is -1.90. The topological polar surface area (TPSA) is 12.9 Å². The smallest absolute Gasteiger partial charge is 0.212 e. The molecule has 0 bridgehead atoms. The molecule has 0 aliphatic rings. The van der Waals surface area contributed by atoms with E-state index in [2.05, 4.69) is 27.5 Å². The molecule has 1 aromatic rings. The zero-order valence-electron chi connectivity index (χ0n) is 6.06. The monoisotopic (exact) mass is 215 g/mol. The van der Waals surface area contributed by atoms with E-state index in [9.17, 15) is 4.39 Å². The van der Waals surface area contributed by atoms with Crippen molar-refractivity contribution < 1.29 is 4.39 Å². The fourth-order valence-electron chi connectivity index (χ4n) is 0.730. The summed E-state index contributed by atoms with van der Waals surface area (Å²) in [6.45, 7) is 5.36. The molecule has 0 aliphatic carbocycles. The molecule has 1 heterocycles. The van der Waals surface area contributed by atoms with Crippen LogP contribution in [0.25, 0.3) is 5.57 Å². The second kappa shape index (κ2) is 3.13. The van der Waals surface area contributed by atoms with Crippen molar-refractivity contribution in [2.75, 3.05) is 0 Å². The molecular weight excluding hydrogens is 209 g/mol. The third-order valence-corrected chi connectivity index (χ3v) is 1.72. The van der Waals surface area contributed by atoms with Crippen molar-refractivity contribution in [1.29, 1.82) is 0 Å². The van der Waals surface area contributed by atoms with E-state index in [1.807, 2.05) is 0 Å². The minimum Gasteiger partial charge on any atom is -0.212 e. The molecule has 0 atom stereocenters. The largest absolute Gasteiger partial charge is 0.221 e. The molecule has 1 rings (SSSR count). The lowest BCUT2D eigenvalue weighted by atomic mass is 10.1. The van der Waals surface area contributed by atoms with Gasteiger partial charge in [0.2, 0.25) is 5.95 Å². The molecule has 0 fully saturated rings. The van der Waals surface area contributed by atoms with Gasteiger partial charge in [0.05, 0.1) is 0 Å². The van der Waals surface area contributed by atoms with E-state index in [4.69, 9.17) is 0 Å². The zero-order chi connectivity index (χ0) is 8.43. The van der Waals surface area contributed by atoms with E-state index in [0.717, 1.165) is 0 Å². The van der Waals surface area contributed by atoms with Crippen molar-refractivity contribution in [3.05, 3.63) is 34.8 Å². The Balaban J connectivity index is 3.20. The van der Waals surface area contributed by atoms with Gasteiger partial charge in [0, 0.05) is 5.56 Å². The number of hydrogen-bond acceptors (Lipinski definition) is 1. The van der Waals surface area contributed by atoms with E-state index in [1.54, 1.807) is 19.1 Å². The number of aromatic nitrogens is 1. The van der Waals surface area contributed by atoms with Crippen molar-refractivity contribution in [3.8, 4) is 0 Å². The lowest BCUT2D eigenvalue weighted by molar-refractivity contribution is 0.577. The van der Waals surface area contributed by atoms with Gasteiger partial charge in [0.1, 0.15) is 4.60 Å². The minimum absolute atomic E-state index is 0.466. The number of hydrogen-bond donors (Lipinski definition) is 0. The highest BCUT2D eigenvalue weighted by Crippen LogP contribution is 2.16. The van der Waals surface area contributed by atoms with Gasteiger partial charge in [-0.05, 0) is 40.6 Å². The van der Waals surface area contributed by atoms with Crippen LogP contribution in [0, 0.1) is 5.95 Å². The number of pyridine rings is 1. The first kappa shape index (κ1) is 8.40. The van der Waals surface area contributed by atoms with Gasteiger partial charge >= 0.3 is 0 Å². The Labute approximate surface area is 73.1 Å². The van der Waals surface area contributed by atoms with E-state index >= 15 is 0 Å². The molecule has 1 aromatic heterocycles. The predicted octanol–water partition coefficient (Wildman–Crippen LogP) is 3.02. The van der Waals surface area contributed by atoms with Crippen molar-refractivity contribution >= 4 is 21.5 Å². The van der Waals surface area contributed by atoms with Crippen molar-refractivity contribution in [2.45, 2.75) is 6.92 Å². The molecule has 58 valence electrons. The summed E-state index contributed by atoms with van der Waals surface area (Å²) in [7, 11) is 0. The third-order valence-electron chi connectivity index (χ3n) is 1.27. The van der Waals surface area contributed by atoms with Crippen LogP contribution in [-0.4, -0.2) is 4.98 Å². The Kier molecular flexibility index (Phi) is 2.39. The van der Waals surface area contributed by atoms with Crippen molar-refractivity contribution in [1.82, 2.24) is 4.98 Å². The number of halogens is 2. The maximum absolute atomic E-state index is 12.9. The highest BCUT2D eigenvalue weighted by Gasteiger charge is 2.03. The van der Waals surface area contributed by atoms with E-state index in [1.165, 1.54) is 0 Å². The van der Waals surface area contributed by atoms with Crippen LogP contribution in [-0.2, 0) is 0 Å². The van der Waals surface area contributed by atoms with Crippen LogP contribution in [0.4, 0.5) is 4.39 Å². The molecule has 0 radical (unpaired) electrons. The Bertz CT molecular complexity index is 296. The van der Waals surface area contributed by atoms with Gasteiger partial charge in [-0.25, -0.2) is 4.98 Å². The first-order valence-electron chi connectivity index (χ1n) is 3.09. The van der Waals surface area contributed by atoms with Gasteiger partial charge < -0.3 is 0 Å². The Morgan fingerprint density at radius 3 is 2.73 bits per heavy atom. The number of rotatable bonds is 1. The fourth-order valence-corrected chi connectivity index (χ4v) is 1.02. The van der Waals surface area contributed by atoms with Gasteiger partial charge in [-0.2, -0.15) is 4.39 Å². The molecule has 11 heavy (non-hydrogen) atoms. The molecule has 0 N–H and O–H groups in total. The number of nitrogens with zero attached hydrogens (tertiary/aromatic N) is 1. The third kappa shape index (κ3) is 1.87. The first-order chi connectivity index (χ1) is 5.11. The standard InChI is InChI=1S/C8H7BrFN/c1-5(2)6-3-4-7(9)11-8(6)10/h3-4H,1H2,2H3. The van der Waals surface area contributed by atoms with E-state index in [-0.39, 0.29) is 0 Å². The van der Waals surface area contributed by atoms with Crippen LogP contribution in [0.1, 0.15) is 12.5 Å². The Morgan fingerprint density at radius 2 is 2.27 bits per heavy atom. The van der Waals surface area contributed by atoms with Gasteiger partial charge in [-0.15, -0.1) is 0 Å². The molecule has 0 amide bonds. The van der Waals surface area contributed by atoms with Crippen LogP contribution in [0.2, 0.25) is 0 Å². The highest BCUT2D eigenvalue weighted by molar-refractivity contribution is 9.10. The quantitative estimate of drug-likeness (QED) is 0.657. The van der Waals surface area contributed by atoms with Gasteiger partial charge in [0.15, 0.2) is 0 Å². The van der Waals surface area contributed by atoms with Crippen LogP contribution in [0.3, 0.4) is 0 Å². The molecule has 0 unspecified atom stereocenters. The SMILES string of the molecule is C=C(C)c1ccc(Br)nc1F. The normalized spacial score (nSPS) is 9.73. The Morgan fingerprint density at radius 1 is 1.64 bits per heavy atom. The van der Waals surface area contributed by atoms with Crippen LogP contribution in [0.5, 0.6) is 0 Å². The molecule has 1 nitrogen and oxygen atoms in total. The highest BCUT2D eigenvalue weighted by atomic mass is 79.9. The minimum atomic E-state index is -0.480. The second-order valence-corrected chi connectivity index (χ2v) is 3.07. The Hall–Kier alpha value is -0.700. The summed E-state index contributed by atoms with van der Waals surface area (Å²) in [6, 6.07) is 3.34. The van der Waals surface area contributed by atoms with Gasteiger partial charge in [0.25, 0.3) is 0 Å². The predicted molar refractivity (Wildman–Crippen MR) is 46.6 cm³/mol. The first-order valence-corrected chi connectivity index (χ1v) is 3.88. The van der Waals surface area contributed by atoms with E-state index < -0.39 is 5.95 Å². The van der Waals surface area contributed by atoms with Gasteiger partial charge in [-0.1, -0.05) is 6.58 Å². The maximum Gasteiger partial charge on any atom is 0.221 e. The second-order valence-electron chi connectivity index (χ2n) is 2.25. The fraction of sp³-hybridized carbons (Fsp3) is 0.125. The van der Waals surface area contributed by atoms with Gasteiger partial charge in [-0.3, -0.25) is 0 Å². The van der Waals surface area contributed by atoms with Crippen molar-refractivity contribution in [2.24, 2.45) is 0 Å². The van der Waals surface area contributed by atoms with Crippen LogP contribution in [0.15, 0.2) is 23.3 Å². The molecule has 0 aliphatic heterocycles. The maximum atomic E-state index is 12.9. The zero-order valence-corrected chi connectivity index (χ0v) is 7.65. The molecular formula is C8H7BrFN. The molecule has 0 saturated carbocycles. The number of allylic oxidation sites excluding steroid dienone is 1. The molecule has 0 aromatic carbocycles. The summed E-state index contributed by atoms with van der Waals surface area (Å²) in [5.74, 6) is -0.480. The summed E-state index contributed by atoms with van der Waals surface area (Å²) in [5, 5.41) is 0. The molecule has 0 saturated heterocycles. The average molecular weight is 216 g/mol. The summed E-state index contributed by atoms with van der Waals surface area (Å²) < 4.78 is 13.4. The summed E-state index contributed by atoms with van der Waals surface area (Å²) in [5.41, 5.74) is 1.15. The van der Waals surface area contributed by atoms with Crippen molar-refractivity contribution in [3.63, 3.8) is 0 Å². The average Bonchev–Trinajstić information content (AvgIpc) is 1.85. The van der Waals surface area contributed by atoms with Crippen LogP contribution < -0.4 is 0 Å². The molecule has 0 spiro atoms. The van der Waals surface area contributed by atoms with Crippen LogP contribution >= 0.6 is 15.9 Å². The van der Waals surface area contributed by atoms with E-state index in [0.29, 0.717) is 15.7 Å². The molecule has 3 heteroatoms. The summed E-state index contributed by atoms with van der Waals surface area (Å²) >= 11 is 3.06. The summed E-state index contributed by atoms with van der Waals surface area (Å²) in [4.78, 5) is 3.58.